The van der Waals surface area contributed by atoms with Gasteiger partial charge in [0.1, 0.15) is 0 Å². The van der Waals surface area contributed by atoms with Crippen LogP contribution in [0.15, 0.2) is 18.2 Å². The molecule has 0 aliphatic heterocycles. The Morgan fingerprint density at radius 1 is 1.30 bits per heavy atom. The van der Waals surface area contributed by atoms with Gasteiger partial charge in [0.2, 0.25) is 0 Å². The average molecular weight is 280 g/mol. The standard InChI is InChI=1S/C13H16N2O5/c1-8-9(12(17)18)4-3-5-10(8)15-13(19)14-7-6-11(16)20-2/h3-5H,6-7H2,1-2H3,(H,17,18)(H2,14,15,19). The van der Waals surface area contributed by atoms with Gasteiger partial charge in [0.15, 0.2) is 0 Å². The van der Waals surface area contributed by atoms with Crippen molar-refractivity contribution in [1.29, 1.82) is 0 Å². The van der Waals surface area contributed by atoms with Crippen LogP contribution in [0.3, 0.4) is 0 Å². The summed E-state index contributed by atoms with van der Waals surface area (Å²) in [5, 5.41) is 14.0. The SMILES string of the molecule is COC(=O)CCNC(=O)Nc1cccc(C(=O)O)c1C. The number of amides is 2. The largest absolute Gasteiger partial charge is 0.478 e. The fourth-order valence-electron chi connectivity index (χ4n) is 1.55. The van der Waals surface area contributed by atoms with Crippen molar-refractivity contribution >= 4 is 23.7 Å². The molecule has 7 heteroatoms. The molecule has 0 saturated carbocycles. The smallest absolute Gasteiger partial charge is 0.336 e. The molecule has 108 valence electrons. The first-order valence-corrected chi connectivity index (χ1v) is 5.90. The quantitative estimate of drug-likeness (QED) is 0.707. The maximum atomic E-state index is 11.6. The van der Waals surface area contributed by atoms with Gasteiger partial charge in [0, 0.05) is 12.2 Å². The summed E-state index contributed by atoms with van der Waals surface area (Å²) in [7, 11) is 1.27. The van der Waals surface area contributed by atoms with Crippen molar-refractivity contribution in [2.75, 3.05) is 19.0 Å². The van der Waals surface area contributed by atoms with Gasteiger partial charge in [-0.15, -0.1) is 0 Å². The lowest BCUT2D eigenvalue weighted by Crippen LogP contribution is -2.31. The van der Waals surface area contributed by atoms with Crippen molar-refractivity contribution in [2.24, 2.45) is 0 Å². The first kappa shape index (κ1) is 15.5. The van der Waals surface area contributed by atoms with E-state index in [1.54, 1.807) is 19.1 Å². The van der Waals surface area contributed by atoms with Crippen LogP contribution in [0.25, 0.3) is 0 Å². The van der Waals surface area contributed by atoms with Crippen LogP contribution in [-0.4, -0.2) is 36.7 Å². The molecule has 0 bridgehead atoms. The number of esters is 1. The van der Waals surface area contributed by atoms with Gasteiger partial charge in [0.05, 0.1) is 19.1 Å². The molecule has 0 saturated heterocycles. The number of nitrogens with one attached hydrogen (secondary N) is 2. The van der Waals surface area contributed by atoms with E-state index in [-0.39, 0.29) is 18.5 Å². The van der Waals surface area contributed by atoms with Gasteiger partial charge >= 0.3 is 18.0 Å². The molecule has 2 amide bonds. The van der Waals surface area contributed by atoms with E-state index in [0.29, 0.717) is 11.3 Å². The first-order valence-electron chi connectivity index (χ1n) is 5.90. The van der Waals surface area contributed by atoms with E-state index in [1.807, 2.05) is 0 Å². The Morgan fingerprint density at radius 3 is 2.60 bits per heavy atom. The van der Waals surface area contributed by atoms with E-state index in [1.165, 1.54) is 13.2 Å². The van der Waals surface area contributed by atoms with Gasteiger partial charge in [-0.3, -0.25) is 4.79 Å². The highest BCUT2D eigenvalue weighted by Gasteiger charge is 2.11. The van der Waals surface area contributed by atoms with Crippen LogP contribution in [0, 0.1) is 6.92 Å². The van der Waals surface area contributed by atoms with Gasteiger partial charge in [-0.1, -0.05) is 6.07 Å². The van der Waals surface area contributed by atoms with E-state index in [2.05, 4.69) is 15.4 Å². The molecule has 0 spiro atoms. The van der Waals surface area contributed by atoms with Crippen LogP contribution >= 0.6 is 0 Å². The molecular formula is C13H16N2O5. The molecule has 0 aliphatic rings. The summed E-state index contributed by atoms with van der Waals surface area (Å²) >= 11 is 0. The van der Waals surface area contributed by atoms with E-state index in [4.69, 9.17) is 5.11 Å². The minimum Gasteiger partial charge on any atom is -0.478 e. The highest BCUT2D eigenvalue weighted by atomic mass is 16.5. The number of carbonyl (C=O) groups excluding carboxylic acids is 2. The molecule has 0 heterocycles. The van der Waals surface area contributed by atoms with Crippen molar-refractivity contribution in [3.63, 3.8) is 0 Å². The van der Waals surface area contributed by atoms with Crippen LogP contribution in [0.4, 0.5) is 10.5 Å². The van der Waals surface area contributed by atoms with Crippen molar-refractivity contribution in [1.82, 2.24) is 5.32 Å². The number of hydrogen-bond acceptors (Lipinski definition) is 4. The second-order valence-corrected chi connectivity index (χ2v) is 3.99. The first-order chi connectivity index (χ1) is 9.45. The number of rotatable bonds is 5. The Hall–Kier alpha value is -2.57. The monoisotopic (exact) mass is 280 g/mol. The van der Waals surface area contributed by atoms with E-state index in [9.17, 15) is 14.4 Å². The van der Waals surface area contributed by atoms with Gasteiger partial charge < -0.3 is 20.5 Å². The zero-order valence-electron chi connectivity index (χ0n) is 11.2. The minimum atomic E-state index is -1.06. The molecule has 0 aliphatic carbocycles. The van der Waals surface area contributed by atoms with Crippen LogP contribution in [-0.2, 0) is 9.53 Å². The average Bonchev–Trinajstić information content (AvgIpc) is 2.40. The summed E-state index contributed by atoms with van der Waals surface area (Å²) in [5.74, 6) is -1.48. The number of carbonyl (C=O) groups is 3. The molecule has 3 N–H and O–H groups in total. The summed E-state index contributed by atoms with van der Waals surface area (Å²) in [6.07, 6.45) is 0.0675. The molecule has 1 rings (SSSR count). The molecule has 0 fully saturated rings. The maximum absolute atomic E-state index is 11.6. The van der Waals surface area contributed by atoms with Crippen LogP contribution < -0.4 is 10.6 Å². The number of carboxylic acid groups (broad SMARTS) is 1. The number of methoxy groups -OCH3 is 1. The van der Waals surface area contributed by atoms with Crippen LogP contribution in [0.2, 0.25) is 0 Å². The predicted octanol–water partition coefficient (Wildman–Crippen LogP) is 1.38. The van der Waals surface area contributed by atoms with Gasteiger partial charge in [-0.05, 0) is 24.6 Å². The number of urea groups is 1. The Kier molecular flexibility index (Phi) is 5.52. The third-order valence-corrected chi connectivity index (χ3v) is 2.65. The van der Waals surface area contributed by atoms with Crippen molar-refractivity contribution in [3.8, 4) is 0 Å². The number of anilines is 1. The lowest BCUT2D eigenvalue weighted by atomic mass is 10.1. The second-order valence-electron chi connectivity index (χ2n) is 3.99. The lowest BCUT2D eigenvalue weighted by molar-refractivity contribution is -0.140. The summed E-state index contributed by atoms with van der Waals surface area (Å²) in [6.45, 7) is 1.74. The molecule has 20 heavy (non-hydrogen) atoms. The van der Waals surface area contributed by atoms with Gasteiger partial charge in [-0.2, -0.15) is 0 Å². The van der Waals surface area contributed by atoms with Crippen LogP contribution in [0.1, 0.15) is 22.3 Å². The molecule has 0 atom stereocenters. The Balaban J connectivity index is 2.60. The van der Waals surface area contributed by atoms with Gasteiger partial charge in [-0.25, -0.2) is 9.59 Å². The number of benzene rings is 1. The lowest BCUT2D eigenvalue weighted by Gasteiger charge is -2.11. The van der Waals surface area contributed by atoms with Crippen molar-refractivity contribution < 1.29 is 24.2 Å². The minimum absolute atomic E-state index is 0.0675. The molecule has 7 nitrogen and oxygen atoms in total. The number of hydrogen-bond donors (Lipinski definition) is 3. The van der Waals surface area contributed by atoms with Crippen molar-refractivity contribution in [3.05, 3.63) is 29.3 Å². The summed E-state index contributed by atoms with van der Waals surface area (Å²) < 4.78 is 4.44. The zero-order chi connectivity index (χ0) is 15.1. The molecule has 0 aromatic heterocycles. The Bertz CT molecular complexity index is 527. The summed E-state index contributed by atoms with van der Waals surface area (Å²) in [5.41, 5.74) is 0.987. The number of carboxylic acids is 1. The molecule has 1 aromatic carbocycles. The highest BCUT2D eigenvalue weighted by molar-refractivity contribution is 5.95. The number of ether oxygens (including phenoxy) is 1. The summed E-state index contributed by atoms with van der Waals surface area (Å²) in [6, 6.07) is 4.08. The Labute approximate surface area is 115 Å². The fraction of sp³-hybridized carbons (Fsp3) is 0.308. The third kappa shape index (κ3) is 4.27. The van der Waals surface area contributed by atoms with Crippen molar-refractivity contribution in [2.45, 2.75) is 13.3 Å². The predicted molar refractivity (Wildman–Crippen MR) is 71.8 cm³/mol. The third-order valence-electron chi connectivity index (χ3n) is 2.65. The highest BCUT2D eigenvalue weighted by Crippen LogP contribution is 2.18. The normalized spacial score (nSPS) is 9.70. The van der Waals surface area contributed by atoms with Gasteiger partial charge in [0.25, 0.3) is 0 Å². The second kappa shape index (κ2) is 7.13. The van der Waals surface area contributed by atoms with E-state index in [0.717, 1.165) is 0 Å². The maximum Gasteiger partial charge on any atom is 0.336 e. The van der Waals surface area contributed by atoms with E-state index < -0.39 is 18.0 Å². The molecule has 0 unspecified atom stereocenters. The molecule has 0 radical (unpaired) electrons. The Morgan fingerprint density at radius 2 is 2.00 bits per heavy atom. The molecule has 1 aromatic rings. The van der Waals surface area contributed by atoms with E-state index >= 15 is 0 Å². The number of aromatic carboxylic acids is 1. The fourth-order valence-corrected chi connectivity index (χ4v) is 1.55. The molecular weight excluding hydrogens is 264 g/mol. The topological polar surface area (TPSA) is 105 Å². The zero-order valence-corrected chi connectivity index (χ0v) is 11.2. The van der Waals surface area contributed by atoms with Crippen LogP contribution in [0.5, 0.6) is 0 Å². The summed E-state index contributed by atoms with van der Waals surface area (Å²) in [4.78, 5) is 33.4.